The van der Waals surface area contributed by atoms with Gasteiger partial charge in [-0.1, -0.05) is 12.1 Å². The summed E-state index contributed by atoms with van der Waals surface area (Å²) in [6.45, 7) is 2.02. The van der Waals surface area contributed by atoms with Crippen molar-refractivity contribution in [1.82, 2.24) is 5.32 Å². The van der Waals surface area contributed by atoms with Gasteiger partial charge >= 0.3 is 0 Å². The molecule has 0 radical (unpaired) electrons. The normalized spacial score (nSPS) is 20.9. The Balaban J connectivity index is 2.36. The Labute approximate surface area is 83.3 Å². The van der Waals surface area contributed by atoms with Crippen molar-refractivity contribution in [1.29, 1.82) is 0 Å². The van der Waals surface area contributed by atoms with Crippen molar-refractivity contribution >= 4 is 11.6 Å². The zero-order valence-electron chi connectivity index (χ0n) is 8.21. The Hall–Kier alpha value is -1.51. The van der Waals surface area contributed by atoms with Crippen LogP contribution >= 0.6 is 0 Å². The number of carbonyl (C=O) groups is 1. The van der Waals surface area contributed by atoms with Gasteiger partial charge < -0.3 is 11.1 Å². The molecule has 0 saturated carbocycles. The van der Waals surface area contributed by atoms with Gasteiger partial charge in [0.25, 0.3) is 0 Å². The number of nitrogens with one attached hydrogen (secondary N) is 1. The minimum atomic E-state index is 0.115. The number of nitrogen functional groups attached to an aromatic ring is 1. The van der Waals surface area contributed by atoms with Gasteiger partial charge in [0.1, 0.15) is 0 Å². The zero-order valence-corrected chi connectivity index (χ0v) is 8.21. The summed E-state index contributed by atoms with van der Waals surface area (Å²) in [5.41, 5.74) is 8.90. The fourth-order valence-electron chi connectivity index (χ4n) is 2.01. The van der Waals surface area contributed by atoms with Crippen LogP contribution in [0.1, 0.15) is 30.0 Å². The van der Waals surface area contributed by atoms with Crippen LogP contribution < -0.4 is 11.1 Å². The van der Waals surface area contributed by atoms with Crippen LogP contribution in [0, 0.1) is 6.92 Å². The molecule has 3 nitrogen and oxygen atoms in total. The first-order valence-electron chi connectivity index (χ1n) is 4.83. The number of carbonyl (C=O) groups excluding carboxylic acids is 1. The molecule has 2 rings (SSSR count). The van der Waals surface area contributed by atoms with Crippen molar-refractivity contribution < 1.29 is 4.79 Å². The highest BCUT2D eigenvalue weighted by Gasteiger charge is 2.24. The van der Waals surface area contributed by atoms with Gasteiger partial charge in [-0.3, -0.25) is 4.79 Å². The van der Waals surface area contributed by atoms with E-state index >= 15 is 0 Å². The summed E-state index contributed by atoms with van der Waals surface area (Å²) < 4.78 is 0. The molecule has 0 unspecified atom stereocenters. The second-order valence-electron chi connectivity index (χ2n) is 3.74. The number of benzene rings is 1. The number of aryl methyl sites for hydroxylation is 1. The van der Waals surface area contributed by atoms with E-state index in [1.165, 1.54) is 0 Å². The Bertz CT molecular complexity index is 353. The van der Waals surface area contributed by atoms with Crippen molar-refractivity contribution in [2.24, 2.45) is 0 Å². The fourth-order valence-corrected chi connectivity index (χ4v) is 2.01. The van der Waals surface area contributed by atoms with Crippen LogP contribution in [0.25, 0.3) is 0 Å². The quantitative estimate of drug-likeness (QED) is 0.660. The molecule has 1 aromatic carbocycles. The molecule has 1 heterocycles. The highest BCUT2D eigenvalue weighted by atomic mass is 16.1. The maximum atomic E-state index is 11.1. The second-order valence-corrected chi connectivity index (χ2v) is 3.74. The molecular weight excluding hydrogens is 176 g/mol. The summed E-state index contributed by atoms with van der Waals surface area (Å²) in [4.78, 5) is 11.1. The van der Waals surface area contributed by atoms with Crippen molar-refractivity contribution in [3.05, 3.63) is 29.3 Å². The molecule has 1 aliphatic rings. The summed E-state index contributed by atoms with van der Waals surface area (Å²) >= 11 is 0. The molecule has 1 atom stereocenters. The summed E-state index contributed by atoms with van der Waals surface area (Å²) in [6.07, 6.45) is 1.46. The molecule has 0 aromatic heterocycles. The molecular formula is C11H14N2O. The Morgan fingerprint density at radius 3 is 2.86 bits per heavy atom. The topological polar surface area (TPSA) is 55.1 Å². The summed E-state index contributed by atoms with van der Waals surface area (Å²) in [5, 5.41) is 2.93. The third-order valence-electron chi connectivity index (χ3n) is 2.70. The van der Waals surface area contributed by atoms with E-state index in [0.29, 0.717) is 6.42 Å². The molecule has 0 bridgehead atoms. The lowest BCUT2D eigenvalue weighted by Gasteiger charge is -2.15. The monoisotopic (exact) mass is 190 g/mol. The first kappa shape index (κ1) is 9.06. The van der Waals surface area contributed by atoms with Crippen molar-refractivity contribution in [2.45, 2.75) is 25.8 Å². The van der Waals surface area contributed by atoms with Gasteiger partial charge in [-0.2, -0.15) is 0 Å². The van der Waals surface area contributed by atoms with Gasteiger partial charge in [-0.15, -0.1) is 0 Å². The number of rotatable bonds is 1. The molecule has 1 aromatic rings. The number of amides is 1. The summed E-state index contributed by atoms with van der Waals surface area (Å²) in [6, 6.07) is 5.96. The lowest BCUT2D eigenvalue weighted by atomic mass is 9.98. The maximum Gasteiger partial charge on any atom is 0.220 e. The van der Waals surface area contributed by atoms with Gasteiger partial charge in [0.15, 0.2) is 0 Å². The fraction of sp³-hybridized carbons (Fsp3) is 0.364. The lowest BCUT2D eigenvalue weighted by molar-refractivity contribution is -0.119. The predicted molar refractivity (Wildman–Crippen MR) is 55.7 cm³/mol. The van der Waals surface area contributed by atoms with Crippen LogP contribution in [-0.2, 0) is 4.79 Å². The second kappa shape index (κ2) is 3.33. The van der Waals surface area contributed by atoms with Crippen LogP contribution in [0.5, 0.6) is 0 Å². The van der Waals surface area contributed by atoms with Gasteiger partial charge in [-0.25, -0.2) is 0 Å². The van der Waals surface area contributed by atoms with Crippen LogP contribution in [0.15, 0.2) is 18.2 Å². The standard InChI is InChI=1S/C11H14N2O/c1-7-3-2-4-8(12)11(7)9-5-6-10(14)13-9/h2-4,9H,5-6,12H2,1H3,(H,13,14)/t9-/m1/s1. The average Bonchev–Trinajstić information content (AvgIpc) is 2.51. The van der Waals surface area contributed by atoms with Crippen LogP contribution in [-0.4, -0.2) is 5.91 Å². The Morgan fingerprint density at radius 1 is 1.50 bits per heavy atom. The molecule has 1 saturated heterocycles. The first-order chi connectivity index (χ1) is 6.68. The minimum absolute atomic E-state index is 0.115. The summed E-state index contributed by atoms with van der Waals surface area (Å²) in [7, 11) is 0. The van der Waals surface area contributed by atoms with Gasteiger partial charge in [-0.05, 0) is 25.0 Å². The third-order valence-corrected chi connectivity index (χ3v) is 2.70. The molecule has 0 aliphatic carbocycles. The van der Waals surface area contributed by atoms with E-state index in [9.17, 15) is 4.79 Å². The molecule has 14 heavy (non-hydrogen) atoms. The smallest absolute Gasteiger partial charge is 0.220 e. The van der Waals surface area contributed by atoms with E-state index in [1.54, 1.807) is 0 Å². The molecule has 1 fully saturated rings. The summed E-state index contributed by atoms with van der Waals surface area (Å²) in [5.74, 6) is 0.123. The number of hydrogen-bond donors (Lipinski definition) is 2. The maximum absolute atomic E-state index is 11.1. The molecule has 1 aliphatic heterocycles. The first-order valence-corrected chi connectivity index (χ1v) is 4.83. The van der Waals surface area contributed by atoms with Crippen LogP contribution in [0.2, 0.25) is 0 Å². The third kappa shape index (κ3) is 1.45. The number of anilines is 1. The van der Waals surface area contributed by atoms with E-state index in [1.807, 2.05) is 25.1 Å². The van der Waals surface area contributed by atoms with Gasteiger partial charge in [0.2, 0.25) is 5.91 Å². The van der Waals surface area contributed by atoms with E-state index in [0.717, 1.165) is 23.2 Å². The lowest BCUT2D eigenvalue weighted by Crippen LogP contribution is -2.20. The van der Waals surface area contributed by atoms with E-state index in [2.05, 4.69) is 5.32 Å². The highest BCUT2D eigenvalue weighted by molar-refractivity contribution is 5.79. The van der Waals surface area contributed by atoms with E-state index < -0.39 is 0 Å². The van der Waals surface area contributed by atoms with Crippen molar-refractivity contribution in [3.8, 4) is 0 Å². The largest absolute Gasteiger partial charge is 0.398 e. The van der Waals surface area contributed by atoms with E-state index in [-0.39, 0.29) is 11.9 Å². The molecule has 1 amide bonds. The number of hydrogen-bond acceptors (Lipinski definition) is 2. The zero-order chi connectivity index (χ0) is 10.1. The van der Waals surface area contributed by atoms with Gasteiger partial charge in [0.05, 0.1) is 6.04 Å². The predicted octanol–water partition coefficient (Wildman–Crippen LogP) is 1.53. The van der Waals surface area contributed by atoms with E-state index in [4.69, 9.17) is 5.73 Å². The minimum Gasteiger partial charge on any atom is -0.398 e. The highest BCUT2D eigenvalue weighted by Crippen LogP contribution is 2.30. The average molecular weight is 190 g/mol. The van der Waals surface area contributed by atoms with Crippen molar-refractivity contribution in [2.75, 3.05) is 5.73 Å². The molecule has 74 valence electrons. The van der Waals surface area contributed by atoms with Crippen molar-refractivity contribution in [3.63, 3.8) is 0 Å². The Kier molecular flexibility index (Phi) is 2.15. The van der Waals surface area contributed by atoms with Crippen LogP contribution in [0.3, 0.4) is 0 Å². The number of nitrogens with two attached hydrogens (primary N) is 1. The molecule has 0 spiro atoms. The van der Waals surface area contributed by atoms with Gasteiger partial charge in [0, 0.05) is 17.7 Å². The van der Waals surface area contributed by atoms with Crippen LogP contribution in [0.4, 0.5) is 5.69 Å². The Morgan fingerprint density at radius 2 is 2.29 bits per heavy atom. The molecule has 3 heteroatoms. The molecule has 3 N–H and O–H groups in total. The SMILES string of the molecule is Cc1cccc(N)c1[C@H]1CCC(=O)N1.